The molecule has 0 aliphatic carbocycles. The molecule has 19 heavy (non-hydrogen) atoms. The van der Waals surface area contributed by atoms with Crippen molar-refractivity contribution in [1.82, 2.24) is 0 Å². The second kappa shape index (κ2) is 7.53. The van der Waals surface area contributed by atoms with E-state index in [0.29, 0.717) is 0 Å². The molecule has 5 heteroatoms. The zero-order valence-corrected chi connectivity index (χ0v) is 11.3. The molecule has 0 heterocycles. The standard InChI is InChI=1S/C14H18O5/c1-10(15)18-13(9-17-3)14(19-11(2)16)12-7-5-4-6-8-12/h4-8,13-14H,9H2,1-3H3/t13-,14-/m0/s1. The smallest absolute Gasteiger partial charge is 0.303 e. The van der Waals surface area contributed by atoms with Gasteiger partial charge in [-0.1, -0.05) is 30.3 Å². The summed E-state index contributed by atoms with van der Waals surface area (Å²) in [6.07, 6.45) is -1.35. The van der Waals surface area contributed by atoms with Gasteiger partial charge in [0, 0.05) is 21.0 Å². The van der Waals surface area contributed by atoms with E-state index in [1.54, 1.807) is 12.1 Å². The van der Waals surface area contributed by atoms with Crippen molar-refractivity contribution in [3.05, 3.63) is 35.9 Å². The van der Waals surface area contributed by atoms with Crippen molar-refractivity contribution in [3.8, 4) is 0 Å². The minimum Gasteiger partial charge on any atom is -0.456 e. The van der Waals surface area contributed by atoms with Crippen LogP contribution < -0.4 is 0 Å². The van der Waals surface area contributed by atoms with E-state index < -0.39 is 24.1 Å². The van der Waals surface area contributed by atoms with Crippen LogP contribution >= 0.6 is 0 Å². The van der Waals surface area contributed by atoms with Gasteiger partial charge in [-0.2, -0.15) is 0 Å². The van der Waals surface area contributed by atoms with Crippen molar-refractivity contribution in [2.24, 2.45) is 0 Å². The molecule has 0 amide bonds. The van der Waals surface area contributed by atoms with Gasteiger partial charge in [-0.15, -0.1) is 0 Å². The highest BCUT2D eigenvalue weighted by Gasteiger charge is 2.28. The molecule has 0 aliphatic heterocycles. The highest BCUT2D eigenvalue weighted by atomic mass is 16.6. The Morgan fingerprint density at radius 2 is 1.63 bits per heavy atom. The second-order valence-electron chi connectivity index (χ2n) is 4.04. The van der Waals surface area contributed by atoms with Gasteiger partial charge in [0.05, 0.1) is 6.61 Å². The molecule has 0 fully saturated rings. The average Bonchev–Trinajstić information content (AvgIpc) is 2.36. The Bertz CT molecular complexity index is 415. The van der Waals surface area contributed by atoms with Crippen LogP contribution in [0.15, 0.2) is 30.3 Å². The van der Waals surface area contributed by atoms with Gasteiger partial charge < -0.3 is 14.2 Å². The third-order valence-electron chi connectivity index (χ3n) is 2.41. The van der Waals surface area contributed by atoms with Crippen LogP contribution in [0.4, 0.5) is 0 Å². The molecule has 0 bridgehead atoms. The summed E-state index contributed by atoms with van der Waals surface area (Å²) in [5.41, 5.74) is 0.751. The Kier molecular flexibility index (Phi) is 6.02. The second-order valence-corrected chi connectivity index (χ2v) is 4.04. The zero-order chi connectivity index (χ0) is 14.3. The molecular weight excluding hydrogens is 248 g/mol. The molecule has 1 rings (SSSR count). The van der Waals surface area contributed by atoms with Crippen LogP contribution in [0.1, 0.15) is 25.5 Å². The molecule has 0 N–H and O–H groups in total. The molecule has 0 unspecified atom stereocenters. The zero-order valence-electron chi connectivity index (χ0n) is 11.3. The van der Waals surface area contributed by atoms with E-state index in [0.717, 1.165) is 5.56 Å². The summed E-state index contributed by atoms with van der Waals surface area (Å²) in [6.45, 7) is 2.76. The first kappa shape index (κ1) is 15.2. The van der Waals surface area contributed by atoms with Gasteiger partial charge in [0.25, 0.3) is 0 Å². The fourth-order valence-electron chi connectivity index (χ4n) is 1.74. The molecule has 0 radical (unpaired) electrons. The van der Waals surface area contributed by atoms with Crippen molar-refractivity contribution in [2.75, 3.05) is 13.7 Å². The normalized spacial score (nSPS) is 13.4. The predicted octanol–water partition coefficient (Wildman–Crippen LogP) is 1.87. The number of carbonyl (C=O) groups excluding carboxylic acids is 2. The lowest BCUT2D eigenvalue weighted by Gasteiger charge is -2.26. The summed E-state index contributed by atoms with van der Waals surface area (Å²) < 4.78 is 15.4. The van der Waals surface area contributed by atoms with Crippen molar-refractivity contribution in [2.45, 2.75) is 26.1 Å². The molecule has 0 saturated carbocycles. The van der Waals surface area contributed by atoms with Gasteiger partial charge in [0.15, 0.2) is 12.2 Å². The van der Waals surface area contributed by atoms with Crippen molar-refractivity contribution < 1.29 is 23.8 Å². The quantitative estimate of drug-likeness (QED) is 0.735. The maximum Gasteiger partial charge on any atom is 0.303 e. The fraction of sp³-hybridized carbons (Fsp3) is 0.429. The van der Waals surface area contributed by atoms with Gasteiger partial charge in [0.1, 0.15) is 0 Å². The maximum absolute atomic E-state index is 11.2. The molecule has 0 aromatic heterocycles. The van der Waals surface area contributed by atoms with Crippen molar-refractivity contribution in [1.29, 1.82) is 0 Å². The summed E-state index contributed by atoms with van der Waals surface area (Å²) >= 11 is 0. The van der Waals surface area contributed by atoms with Crippen LogP contribution in [0.2, 0.25) is 0 Å². The van der Waals surface area contributed by atoms with Crippen LogP contribution in [-0.4, -0.2) is 31.8 Å². The summed E-state index contributed by atoms with van der Waals surface area (Å²) in [5.74, 6) is -0.891. The number of rotatable bonds is 6. The van der Waals surface area contributed by atoms with Gasteiger partial charge >= 0.3 is 11.9 Å². The predicted molar refractivity (Wildman–Crippen MR) is 68.4 cm³/mol. The van der Waals surface area contributed by atoms with Gasteiger partial charge in [0.2, 0.25) is 0 Å². The summed E-state index contributed by atoms with van der Waals surface area (Å²) in [4.78, 5) is 22.4. The number of carbonyl (C=O) groups is 2. The topological polar surface area (TPSA) is 61.8 Å². The Morgan fingerprint density at radius 1 is 1.05 bits per heavy atom. The van der Waals surface area contributed by atoms with Crippen LogP contribution in [-0.2, 0) is 23.8 Å². The Hall–Kier alpha value is -1.88. The lowest BCUT2D eigenvalue weighted by Crippen LogP contribution is -2.31. The number of methoxy groups -OCH3 is 1. The van der Waals surface area contributed by atoms with Gasteiger partial charge in [-0.25, -0.2) is 0 Å². The number of ether oxygens (including phenoxy) is 3. The van der Waals surface area contributed by atoms with Crippen LogP contribution in [0.3, 0.4) is 0 Å². The monoisotopic (exact) mass is 266 g/mol. The number of hydrogen-bond acceptors (Lipinski definition) is 5. The summed E-state index contributed by atoms with van der Waals surface area (Å²) in [7, 11) is 1.49. The summed E-state index contributed by atoms with van der Waals surface area (Å²) in [5, 5.41) is 0. The average molecular weight is 266 g/mol. The van der Waals surface area contributed by atoms with E-state index in [1.165, 1.54) is 21.0 Å². The Balaban J connectivity index is 2.98. The number of hydrogen-bond donors (Lipinski definition) is 0. The molecule has 104 valence electrons. The van der Waals surface area contributed by atoms with Crippen molar-refractivity contribution in [3.63, 3.8) is 0 Å². The summed E-state index contributed by atoms with van der Waals surface area (Å²) in [6, 6.07) is 9.11. The number of benzene rings is 1. The third kappa shape index (κ3) is 5.09. The lowest BCUT2D eigenvalue weighted by atomic mass is 10.0. The van der Waals surface area contributed by atoms with Gasteiger partial charge in [-0.3, -0.25) is 9.59 Å². The van der Waals surface area contributed by atoms with E-state index in [9.17, 15) is 9.59 Å². The van der Waals surface area contributed by atoms with Crippen LogP contribution in [0.5, 0.6) is 0 Å². The van der Waals surface area contributed by atoms with Crippen molar-refractivity contribution >= 4 is 11.9 Å². The molecule has 1 aromatic rings. The third-order valence-corrected chi connectivity index (χ3v) is 2.41. The van der Waals surface area contributed by atoms with E-state index in [4.69, 9.17) is 14.2 Å². The maximum atomic E-state index is 11.2. The van der Waals surface area contributed by atoms with E-state index in [1.807, 2.05) is 18.2 Å². The van der Waals surface area contributed by atoms with Gasteiger partial charge in [-0.05, 0) is 5.56 Å². The molecule has 2 atom stereocenters. The molecule has 5 nitrogen and oxygen atoms in total. The van der Waals surface area contributed by atoms with E-state index >= 15 is 0 Å². The Morgan fingerprint density at radius 3 is 2.11 bits per heavy atom. The highest BCUT2D eigenvalue weighted by molar-refractivity contribution is 5.67. The molecule has 0 saturated heterocycles. The molecular formula is C14H18O5. The minimum absolute atomic E-state index is 0.145. The highest BCUT2D eigenvalue weighted by Crippen LogP contribution is 2.24. The van der Waals surface area contributed by atoms with E-state index in [-0.39, 0.29) is 6.61 Å². The molecule has 0 spiro atoms. The number of esters is 2. The fourth-order valence-corrected chi connectivity index (χ4v) is 1.74. The molecule has 0 aliphatic rings. The van der Waals surface area contributed by atoms with E-state index in [2.05, 4.69) is 0 Å². The molecule has 1 aromatic carbocycles. The first-order valence-electron chi connectivity index (χ1n) is 5.93. The Labute approximate surface area is 112 Å². The first-order chi connectivity index (χ1) is 9.04. The van der Waals surface area contributed by atoms with Crippen LogP contribution in [0, 0.1) is 0 Å². The SMILES string of the molecule is COC[C@H](OC(C)=O)[C@@H](OC(C)=O)c1ccccc1. The van der Waals surface area contributed by atoms with Crippen LogP contribution in [0.25, 0.3) is 0 Å². The lowest BCUT2D eigenvalue weighted by molar-refractivity contribution is -0.170. The first-order valence-corrected chi connectivity index (χ1v) is 5.93. The largest absolute Gasteiger partial charge is 0.456 e. The minimum atomic E-state index is -0.678.